The maximum atomic E-state index is 13.3. The molecule has 0 atom stereocenters. The minimum Gasteiger partial charge on any atom is -0.379 e. The molecule has 9 nitrogen and oxygen atoms in total. The van der Waals surface area contributed by atoms with Gasteiger partial charge in [-0.3, -0.25) is 18.9 Å². The van der Waals surface area contributed by atoms with E-state index >= 15 is 0 Å². The molecule has 4 aromatic rings. The van der Waals surface area contributed by atoms with Crippen molar-refractivity contribution in [3.8, 4) is 0 Å². The number of rotatable bonds is 6. The van der Waals surface area contributed by atoms with Crippen LogP contribution in [0.2, 0.25) is 5.02 Å². The third-order valence-corrected chi connectivity index (χ3v) is 6.43. The second-order valence-corrected chi connectivity index (χ2v) is 8.89. The number of amides is 1. The van der Waals surface area contributed by atoms with Crippen LogP contribution in [0.3, 0.4) is 0 Å². The molecule has 1 aromatic carbocycles. The van der Waals surface area contributed by atoms with Crippen molar-refractivity contribution >= 4 is 40.0 Å². The Hall–Kier alpha value is -3.53. The topological polar surface area (TPSA) is 106 Å². The van der Waals surface area contributed by atoms with E-state index in [1.165, 1.54) is 4.40 Å². The number of nitrogens with zero attached hydrogens (tertiary/aromatic N) is 4. The monoisotopic (exact) mass is 493 g/mol. The number of halogens is 1. The molecule has 0 unspecified atom stereocenters. The van der Waals surface area contributed by atoms with Crippen LogP contribution < -0.4 is 21.2 Å². The van der Waals surface area contributed by atoms with E-state index in [-0.39, 0.29) is 22.8 Å². The van der Waals surface area contributed by atoms with Gasteiger partial charge in [-0.25, -0.2) is 4.57 Å². The lowest BCUT2D eigenvalue weighted by Gasteiger charge is -2.26. The van der Waals surface area contributed by atoms with E-state index in [0.29, 0.717) is 54.6 Å². The minimum absolute atomic E-state index is 0.239. The molecular weight excluding hydrogens is 468 g/mol. The first-order chi connectivity index (χ1) is 17.0. The van der Waals surface area contributed by atoms with Gasteiger partial charge < -0.3 is 15.8 Å². The summed E-state index contributed by atoms with van der Waals surface area (Å²) in [6.45, 7) is 4.56. The zero-order valence-corrected chi connectivity index (χ0v) is 19.9. The van der Waals surface area contributed by atoms with Crippen LogP contribution >= 0.6 is 11.6 Å². The second kappa shape index (κ2) is 9.99. The molecule has 0 spiro atoms. The fraction of sp³-hybridized carbons (Fsp3) is 0.280. The fourth-order valence-corrected chi connectivity index (χ4v) is 4.39. The quantitative estimate of drug-likeness (QED) is 0.311. The number of carbonyl (C=O) groups excluding carboxylic acids is 1. The lowest BCUT2D eigenvalue weighted by Crippen LogP contribution is -2.44. The molecule has 4 heterocycles. The van der Waals surface area contributed by atoms with Crippen LogP contribution in [0.1, 0.15) is 15.9 Å². The SMILES string of the molecule is Nc1c(C(=O)NCCN2CCOCC2)cc2c(=O)n3ccccc3nc2[n+]1Cc1ccc(Cl)cc1. The number of pyridine rings is 2. The highest BCUT2D eigenvalue weighted by atomic mass is 35.5. The molecule has 1 saturated heterocycles. The summed E-state index contributed by atoms with van der Waals surface area (Å²) < 4.78 is 8.55. The van der Waals surface area contributed by atoms with Gasteiger partial charge in [0.1, 0.15) is 10.9 Å². The Kier molecular flexibility index (Phi) is 6.63. The summed E-state index contributed by atoms with van der Waals surface area (Å²) in [6.07, 6.45) is 1.66. The summed E-state index contributed by atoms with van der Waals surface area (Å²) in [5.41, 5.74) is 8.33. The van der Waals surface area contributed by atoms with Gasteiger partial charge in [0.2, 0.25) is 11.5 Å². The number of nitrogens with one attached hydrogen (secondary N) is 1. The summed E-state index contributed by atoms with van der Waals surface area (Å²) in [7, 11) is 0. The molecule has 35 heavy (non-hydrogen) atoms. The van der Waals surface area contributed by atoms with Crippen LogP contribution in [0.4, 0.5) is 5.82 Å². The van der Waals surface area contributed by atoms with Crippen molar-refractivity contribution in [1.29, 1.82) is 0 Å². The van der Waals surface area contributed by atoms with E-state index in [9.17, 15) is 9.59 Å². The largest absolute Gasteiger partial charge is 0.379 e. The standard InChI is InChI=1S/C25H25ClN6O3/c26-18-6-4-17(5-7-18)16-32-22(27)19(24(33)28-8-10-30-11-13-35-14-12-30)15-20-23(32)29-21-3-1-2-9-31(21)25(20)34/h1-7,9,15,27H,8,10-14,16H2,(H,28,33)/p+1. The van der Waals surface area contributed by atoms with E-state index in [4.69, 9.17) is 27.1 Å². The number of hydrogen-bond acceptors (Lipinski definition) is 6. The van der Waals surface area contributed by atoms with Crippen LogP contribution in [0.15, 0.2) is 59.5 Å². The summed E-state index contributed by atoms with van der Waals surface area (Å²) in [5, 5.41) is 3.88. The maximum absolute atomic E-state index is 13.3. The van der Waals surface area contributed by atoms with E-state index in [1.54, 1.807) is 41.1 Å². The van der Waals surface area contributed by atoms with Gasteiger partial charge in [0, 0.05) is 37.4 Å². The molecule has 1 aliphatic rings. The zero-order chi connectivity index (χ0) is 24.4. The second-order valence-electron chi connectivity index (χ2n) is 8.45. The molecule has 0 bridgehead atoms. The van der Waals surface area contributed by atoms with Gasteiger partial charge in [-0.1, -0.05) is 34.8 Å². The zero-order valence-electron chi connectivity index (χ0n) is 19.1. The van der Waals surface area contributed by atoms with Crippen molar-refractivity contribution < 1.29 is 14.1 Å². The van der Waals surface area contributed by atoms with E-state index in [0.717, 1.165) is 18.7 Å². The molecule has 3 aromatic heterocycles. The average molecular weight is 494 g/mol. The highest BCUT2D eigenvalue weighted by molar-refractivity contribution is 6.30. The number of benzene rings is 1. The van der Waals surface area contributed by atoms with Gasteiger partial charge in [-0.2, -0.15) is 0 Å². The minimum atomic E-state index is -0.333. The Balaban J connectivity index is 1.55. The summed E-state index contributed by atoms with van der Waals surface area (Å²) in [4.78, 5) is 33.5. The molecule has 1 amide bonds. The molecule has 1 aliphatic heterocycles. The normalized spacial score (nSPS) is 14.4. The highest BCUT2D eigenvalue weighted by Gasteiger charge is 2.24. The van der Waals surface area contributed by atoms with Gasteiger partial charge in [-0.05, 0) is 35.9 Å². The Bertz CT molecular complexity index is 1450. The first-order valence-electron chi connectivity index (χ1n) is 11.5. The predicted octanol–water partition coefficient (Wildman–Crippen LogP) is 1.48. The summed E-state index contributed by atoms with van der Waals surface area (Å²) in [6, 6.07) is 14.2. The molecule has 0 saturated carbocycles. The van der Waals surface area contributed by atoms with Crippen molar-refractivity contribution in [2.24, 2.45) is 0 Å². The number of fused-ring (bicyclic) bond motifs is 2. The van der Waals surface area contributed by atoms with E-state index < -0.39 is 0 Å². The number of carbonyl (C=O) groups is 1. The number of aromatic nitrogens is 3. The van der Waals surface area contributed by atoms with Gasteiger partial charge in [0.05, 0.1) is 19.8 Å². The molecule has 0 radical (unpaired) electrons. The highest BCUT2D eigenvalue weighted by Crippen LogP contribution is 2.16. The molecule has 180 valence electrons. The third-order valence-electron chi connectivity index (χ3n) is 6.18. The van der Waals surface area contributed by atoms with Gasteiger partial charge >= 0.3 is 0 Å². The molecule has 1 fully saturated rings. The van der Waals surface area contributed by atoms with E-state index in [1.807, 2.05) is 18.2 Å². The van der Waals surface area contributed by atoms with Crippen molar-refractivity contribution in [3.63, 3.8) is 0 Å². The maximum Gasteiger partial charge on any atom is 0.278 e. The average Bonchev–Trinajstić information content (AvgIpc) is 2.88. The molecule has 5 rings (SSSR count). The Morgan fingerprint density at radius 2 is 1.94 bits per heavy atom. The molecular formula is C25H26ClN6O3+. The summed E-state index contributed by atoms with van der Waals surface area (Å²) >= 11 is 6.05. The van der Waals surface area contributed by atoms with Crippen molar-refractivity contribution in [2.45, 2.75) is 6.54 Å². The van der Waals surface area contributed by atoms with Crippen molar-refractivity contribution in [1.82, 2.24) is 19.6 Å². The number of anilines is 1. The lowest BCUT2D eigenvalue weighted by atomic mass is 10.1. The van der Waals surface area contributed by atoms with Crippen LogP contribution in [0, 0.1) is 0 Å². The summed E-state index contributed by atoms with van der Waals surface area (Å²) in [5.74, 6) is -0.0939. The Morgan fingerprint density at radius 1 is 1.17 bits per heavy atom. The van der Waals surface area contributed by atoms with Crippen molar-refractivity contribution in [3.05, 3.63) is 81.2 Å². The van der Waals surface area contributed by atoms with Gasteiger partial charge in [-0.15, -0.1) is 0 Å². The third kappa shape index (κ3) is 4.84. The number of hydrogen-bond donors (Lipinski definition) is 2. The number of nitrogens with two attached hydrogens (primary N) is 1. The van der Waals surface area contributed by atoms with Gasteiger partial charge in [0.25, 0.3) is 17.1 Å². The smallest absolute Gasteiger partial charge is 0.278 e. The molecule has 3 N–H and O–H groups in total. The molecule has 0 aliphatic carbocycles. The molecule has 10 heteroatoms. The first-order valence-corrected chi connectivity index (χ1v) is 11.9. The fourth-order valence-electron chi connectivity index (χ4n) is 4.26. The Labute approximate surface area is 206 Å². The van der Waals surface area contributed by atoms with Crippen LogP contribution in [0.25, 0.3) is 16.7 Å². The predicted molar refractivity (Wildman–Crippen MR) is 134 cm³/mol. The first kappa shape index (κ1) is 23.2. The lowest BCUT2D eigenvalue weighted by molar-refractivity contribution is -0.649. The number of nitrogen functional groups attached to an aromatic ring is 1. The van der Waals surface area contributed by atoms with Gasteiger partial charge in [0.15, 0.2) is 0 Å². The Morgan fingerprint density at radius 3 is 2.71 bits per heavy atom. The van der Waals surface area contributed by atoms with E-state index in [2.05, 4.69) is 10.2 Å². The number of morpholine rings is 1. The van der Waals surface area contributed by atoms with Crippen LogP contribution in [-0.4, -0.2) is 59.6 Å². The van der Waals surface area contributed by atoms with Crippen molar-refractivity contribution in [2.75, 3.05) is 45.1 Å². The van der Waals surface area contributed by atoms with Crippen LogP contribution in [0.5, 0.6) is 0 Å². The van der Waals surface area contributed by atoms with Crippen LogP contribution in [-0.2, 0) is 11.3 Å². The number of ether oxygens (including phenoxy) is 1.